The van der Waals surface area contributed by atoms with E-state index in [1.165, 1.54) is 16.7 Å². The Morgan fingerprint density at radius 2 is 1.65 bits per heavy atom. The highest BCUT2D eigenvalue weighted by Gasteiger charge is 2.35. The van der Waals surface area contributed by atoms with E-state index in [0.29, 0.717) is 6.04 Å². The second-order valence-electron chi connectivity index (χ2n) is 5.66. The van der Waals surface area contributed by atoms with Gasteiger partial charge in [-0.15, -0.1) is 0 Å². The highest BCUT2D eigenvalue weighted by Crippen LogP contribution is 2.28. The van der Waals surface area contributed by atoms with Crippen molar-refractivity contribution in [3.05, 3.63) is 34.9 Å². The number of nitrogens with one attached hydrogen (secondary N) is 1. The summed E-state index contributed by atoms with van der Waals surface area (Å²) in [4.78, 5) is 0. The summed E-state index contributed by atoms with van der Waals surface area (Å²) in [5, 5.41) is 3.65. The molecule has 0 saturated heterocycles. The Bertz CT molecular complexity index is 381. The molecule has 1 N–H and O–H groups in total. The maximum Gasteiger partial charge on any atom is 0.0828 e. The van der Waals surface area contributed by atoms with E-state index in [1.807, 2.05) is 7.11 Å². The zero-order chi connectivity index (χ0) is 15.2. The molecule has 0 heterocycles. The first-order valence-electron chi connectivity index (χ1n) is 7.88. The summed E-state index contributed by atoms with van der Waals surface area (Å²) in [5.74, 6) is 0. The van der Waals surface area contributed by atoms with Crippen LogP contribution in [0.1, 0.15) is 50.3 Å². The topological polar surface area (TPSA) is 21.3 Å². The second-order valence-corrected chi connectivity index (χ2v) is 5.66. The van der Waals surface area contributed by atoms with Gasteiger partial charge >= 0.3 is 0 Å². The minimum absolute atomic E-state index is 0.0786. The van der Waals surface area contributed by atoms with E-state index in [4.69, 9.17) is 4.74 Å². The summed E-state index contributed by atoms with van der Waals surface area (Å²) in [7, 11) is 1.85. The molecule has 1 unspecified atom stereocenters. The Hall–Kier alpha value is -0.860. The van der Waals surface area contributed by atoms with E-state index < -0.39 is 0 Å². The van der Waals surface area contributed by atoms with Crippen LogP contribution in [0.4, 0.5) is 0 Å². The molecule has 114 valence electrons. The quantitative estimate of drug-likeness (QED) is 0.774. The van der Waals surface area contributed by atoms with Crippen LogP contribution in [0.25, 0.3) is 0 Å². The van der Waals surface area contributed by atoms with Crippen LogP contribution in [-0.2, 0) is 11.2 Å². The molecule has 1 aromatic carbocycles. The van der Waals surface area contributed by atoms with Crippen LogP contribution in [0.15, 0.2) is 18.2 Å². The first-order chi connectivity index (χ1) is 9.54. The van der Waals surface area contributed by atoms with Crippen LogP contribution in [0.2, 0.25) is 0 Å². The molecule has 0 aromatic heterocycles. The van der Waals surface area contributed by atoms with Crippen molar-refractivity contribution in [1.82, 2.24) is 5.32 Å². The van der Waals surface area contributed by atoms with Crippen LogP contribution in [-0.4, -0.2) is 25.3 Å². The number of rotatable bonds is 8. The Morgan fingerprint density at radius 3 is 2.05 bits per heavy atom. The van der Waals surface area contributed by atoms with Gasteiger partial charge in [0.05, 0.1) is 5.60 Å². The zero-order valence-electron chi connectivity index (χ0n) is 14.0. The standard InChI is InChI=1S/C18H31NO/c1-7-18(8-2,20-6)17(19-9-3)13-16-14(4)11-10-12-15(16)5/h10-12,17,19H,7-9,13H2,1-6H3. The average molecular weight is 277 g/mol. The maximum absolute atomic E-state index is 5.94. The molecule has 0 fully saturated rings. The first-order valence-corrected chi connectivity index (χ1v) is 7.88. The molecule has 1 rings (SSSR count). The number of aryl methyl sites for hydroxylation is 2. The van der Waals surface area contributed by atoms with E-state index >= 15 is 0 Å². The highest BCUT2D eigenvalue weighted by atomic mass is 16.5. The first kappa shape index (κ1) is 17.2. The fraction of sp³-hybridized carbons (Fsp3) is 0.667. The number of ether oxygens (including phenoxy) is 1. The number of methoxy groups -OCH3 is 1. The van der Waals surface area contributed by atoms with Gasteiger partial charge in [0.25, 0.3) is 0 Å². The van der Waals surface area contributed by atoms with Crippen LogP contribution in [0, 0.1) is 13.8 Å². The van der Waals surface area contributed by atoms with Gasteiger partial charge in [0.1, 0.15) is 0 Å². The number of benzene rings is 1. The molecular weight excluding hydrogens is 246 g/mol. The van der Waals surface area contributed by atoms with Crippen molar-refractivity contribution < 1.29 is 4.74 Å². The summed E-state index contributed by atoms with van der Waals surface area (Å²) in [6, 6.07) is 6.90. The van der Waals surface area contributed by atoms with E-state index in [9.17, 15) is 0 Å². The average Bonchev–Trinajstić information content (AvgIpc) is 2.45. The predicted molar refractivity (Wildman–Crippen MR) is 87.4 cm³/mol. The molecule has 0 amide bonds. The number of hydrogen-bond donors (Lipinski definition) is 1. The molecule has 0 radical (unpaired) electrons. The van der Waals surface area contributed by atoms with Gasteiger partial charge < -0.3 is 10.1 Å². The van der Waals surface area contributed by atoms with E-state index in [2.05, 4.69) is 58.1 Å². The number of hydrogen-bond acceptors (Lipinski definition) is 2. The minimum atomic E-state index is -0.0786. The van der Waals surface area contributed by atoms with E-state index in [0.717, 1.165) is 25.8 Å². The lowest BCUT2D eigenvalue weighted by Crippen LogP contribution is -2.52. The molecule has 1 atom stereocenters. The van der Waals surface area contributed by atoms with Crippen molar-refractivity contribution in [3.8, 4) is 0 Å². The fourth-order valence-electron chi connectivity index (χ4n) is 3.24. The summed E-state index contributed by atoms with van der Waals surface area (Å²) in [5.41, 5.74) is 4.14. The lowest BCUT2D eigenvalue weighted by Gasteiger charge is -2.39. The second kappa shape index (κ2) is 7.80. The molecule has 0 aliphatic heterocycles. The van der Waals surface area contributed by atoms with Gasteiger partial charge in [-0.05, 0) is 56.3 Å². The maximum atomic E-state index is 5.94. The minimum Gasteiger partial charge on any atom is -0.377 e. The Balaban J connectivity index is 3.09. The Kier molecular flexibility index (Phi) is 6.70. The Morgan fingerprint density at radius 1 is 1.10 bits per heavy atom. The zero-order valence-corrected chi connectivity index (χ0v) is 14.0. The van der Waals surface area contributed by atoms with Gasteiger partial charge in [-0.3, -0.25) is 0 Å². The Labute approximate surface area is 124 Å². The molecule has 0 saturated carbocycles. The van der Waals surface area contributed by atoms with Crippen LogP contribution in [0.3, 0.4) is 0 Å². The molecule has 1 aromatic rings. The number of likely N-dealkylation sites (N-methyl/N-ethyl adjacent to an activating group) is 1. The SMILES string of the molecule is CCNC(Cc1c(C)cccc1C)C(CC)(CC)OC. The molecule has 2 nitrogen and oxygen atoms in total. The molecule has 0 spiro atoms. The van der Waals surface area contributed by atoms with Crippen molar-refractivity contribution in [1.29, 1.82) is 0 Å². The summed E-state index contributed by atoms with van der Waals surface area (Å²) < 4.78 is 5.94. The summed E-state index contributed by atoms with van der Waals surface area (Å²) in [6.45, 7) is 12.0. The lowest BCUT2D eigenvalue weighted by atomic mass is 9.82. The third-order valence-corrected chi connectivity index (χ3v) is 4.74. The monoisotopic (exact) mass is 277 g/mol. The van der Waals surface area contributed by atoms with Crippen molar-refractivity contribution in [2.75, 3.05) is 13.7 Å². The highest BCUT2D eigenvalue weighted by molar-refractivity contribution is 5.34. The molecular formula is C18H31NO. The van der Waals surface area contributed by atoms with Crippen LogP contribution >= 0.6 is 0 Å². The molecule has 0 aliphatic carbocycles. The van der Waals surface area contributed by atoms with Gasteiger partial charge in [0, 0.05) is 13.2 Å². The molecule has 2 heteroatoms. The smallest absolute Gasteiger partial charge is 0.0828 e. The third kappa shape index (κ3) is 3.62. The van der Waals surface area contributed by atoms with E-state index in [1.54, 1.807) is 0 Å². The van der Waals surface area contributed by atoms with Crippen molar-refractivity contribution in [2.24, 2.45) is 0 Å². The van der Waals surface area contributed by atoms with Crippen LogP contribution < -0.4 is 5.32 Å². The predicted octanol–water partition coefficient (Wildman–Crippen LogP) is 4.03. The summed E-state index contributed by atoms with van der Waals surface area (Å²) in [6.07, 6.45) is 3.09. The third-order valence-electron chi connectivity index (χ3n) is 4.74. The molecule has 0 bridgehead atoms. The molecule has 20 heavy (non-hydrogen) atoms. The lowest BCUT2D eigenvalue weighted by molar-refractivity contribution is -0.0469. The normalized spacial score (nSPS) is 13.5. The van der Waals surface area contributed by atoms with Crippen molar-refractivity contribution in [2.45, 2.75) is 65.5 Å². The van der Waals surface area contributed by atoms with Crippen molar-refractivity contribution >= 4 is 0 Å². The van der Waals surface area contributed by atoms with Crippen molar-refractivity contribution in [3.63, 3.8) is 0 Å². The van der Waals surface area contributed by atoms with Crippen LogP contribution in [0.5, 0.6) is 0 Å². The van der Waals surface area contributed by atoms with E-state index in [-0.39, 0.29) is 5.60 Å². The largest absolute Gasteiger partial charge is 0.377 e. The van der Waals surface area contributed by atoms with Gasteiger partial charge in [-0.2, -0.15) is 0 Å². The van der Waals surface area contributed by atoms with Gasteiger partial charge in [0.15, 0.2) is 0 Å². The van der Waals surface area contributed by atoms with Gasteiger partial charge in [0.2, 0.25) is 0 Å². The van der Waals surface area contributed by atoms with Gasteiger partial charge in [-0.25, -0.2) is 0 Å². The fourth-order valence-corrected chi connectivity index (χ4v) is 3.24. The van der Waals surface area contributed by atoms with Gasteiger partial charge in [-0.1, -0.05) is 39.0 Å². The molecule has 0 aliphatic rings. The summed E-state index contributed by atoms with van der Waals surface area (Å²) >= 11 is 0.